The van der Waals surface area contributed by atoms with Crippen LogP contribution in [0.3, 0.4) is 0 Å². The predicted octanol–water partition coefficient (Wildman–Crippen LogP) is 1.75. The summed E-state index contributed by atoms with van der Waals surface area (Å²) >= 11 is 0. The van der Waals surface area contributed by atoms with Crippen molar-refractivity contribution >= 4 is 16.9 Å². The standard InChI is InChI=1S/C15H16N2O2/c1-10-13-11(7-5-9-17(2)3)6-4-8-12(13)19-14(10)15(16)18/h4,6,8H,9H2,1-3H3,(H2,16,18). The van der Waals surface area contributed by atoms with Gasteiger partial charge in [-0.05, 0) is 33.2 Å². The first-order valence-electron chi connectivity index (χ1n) is 5.96. The number of rotatable bonds is 2. The fraction of sp³-hybridized carbons (Fsp3) is 0.267. The Balaban J connectivity index is 2.55. The zero-order valence-electron chi connectivity index (χ0n) is 11.3. The van der Waals surface area contributed by atoms with E-state index in [-0.39, 0.29) is 5.76 Å². The van der Waals surface area contributed by atoms with Gasteiger partial charge in [0.2, 0.25) is 0 Å². The summed E-state index contributed by atoms with van der Waals surface area (Å²) in [4.78, 5) is 13.3. The molecule has 1 heterocycles. The molecule has 0 radical (unpaired) electrons. The number of hydrogen-bond donors (Lipinski definition) is 1. The first-order valence-corrected chi connectivity index (χ1v) is 5.96. The Bertz CT molecular complexity index is 687. The second-order valence-electron chi connectivity index (χ2n) is 4.64. The summed E-state index contributed by atoms with van der Waals surface area (Å²) in [5.41, 5.74) is 7.54. The maximum Gasteiger partial charge on any atom is 0.284 e. The van der Waals surface area contributed by atoms with E-state index in [1.54, 1.807) is 0 Å². The lowest BCUT2D eigenvalue weighted by molar-refractivity contribution is 0.0975. The van der Waals surface area contributed by atoms with Gasteiger partial charge in [0, 0.05) is 16.5 Å². The summed E-state index contributed by atoms with van der Waals surface area (Å²) in [6.07, 6.45) is 0. The Morgan fingerprint density at radius 3 is 2.79 bits per heavy atom. The highest BCUT2D eigenvalue weighted by molar-refractivity contribution is 5.99. The molecule has 0 fully saturated rings. The molecule has 4 heteroatoms. The third kappa shape index (κ3) is 2.61. The summed E-state index contributed by atoms with van der Waals surface area (Å²) in [5, 5.41) is 0.863. The van der Waals surface area contributed by atoms with Gasteiger partial charge < -0.3 is 10.2 Å². The molecular weight excluding hydrogens is 240 g/mol. The van der Waals surface area contributed by atoms with E-state index in [4.69, 9.17) is 10.2 Å². The SMILES string of the molecule is Cc1c(C(N)=O)oc2cccc(C#CCN(C)C)c12. The van der Waals surface area contributed by atoms with Gasteiger partial charge >= 0.3 is 0 Å². The number of nitrogens with zero attached hydrogens (tertiary/aromatic N) is 1. The number of carbonyl (C=O) groups is 1. The summed E-state index contributed by atoms with van der Waals surface area (Å²) in [6, 6.07) is 5.58. The van der Waals surface area contributed by atoms with Crippen molar-refractivity contribution in [2.75, 3.05) is 20.6 Å². The third-order valence-corrected chi connectivity index (χ3v) is 2.80. The maximum absolute atomic E-state index is 11.3. The summed E-state index contributed by atoms with van der Waals surface area (Å²) < 4.78 is 5.48. The molecule has 0 saturated heterocycles. The van der Waals surface area contributed by atoms with Crippen LogP contribution in [0.4, 0.5) is 0 Å². The average Bonchev–Trinajstić information content (AvgIpc) is 2.67. The van der Waals surface area contributed by atoms with E-state index in [1.807, 2.05) is 44.1 Å². The van der Waals surface area contributed by atoms with E-state index >= 15 is 0 Å². The molecule has 0 bridgehead atoms. The van der Waals surface area contributed by atoms with Crippen LogP contribution in [0.15, 0.2) is 22.6 Å². The van der Waals surface area contributed by atoms with Gasteiger partial charge in [-0.25, -0.2) is 0 Å². The number of fused-ring (bicyclic) bond motifs is 1. The first kappa shape index (κ1) is 13.2. The van der Waals surface area contributed by atoms with Gasteiger partial charge in [0.15, 0.2) is 5.76 Å². The zero-order valence-corrected chi connectivity index (χ0v) is 11.3. The van der Waals surface area contributed by atoms with Crippen LogP contribution in [0.2, 0.25) is 0 Å². The Morgan fingerprint density at radius 1 is 1.42 bits per heavy atom. The molecule has 1 aromatic heterocycles. The lowest BCUT2D eigenvalue weighted by Gasteiger charge is -2.01. The van der Waals surface area contributed by atoms with Crippen molar-refractivity contribution in [3.05, 3.63) is 35.1 Å². The number of aryl methyl sites for hydroxylation is 1. The van der Waals surface area contributed by atoms with Crippen LogP contribution >= 0.6 is 0 Å². The molecule has 2 aromatic rings. The molecule has 2 N–H and O–H groups in total. The number of furan rings is 1. The smallest absolute Gasteiger partial charge is 0.284 e. The molecule has 1 aromatic carbocycles. The Morgan fingerprint density at radius 2 is 2.16 bits per heavy atom. The Hall–Kier alpha value is -2.25. The van der Waals surface area contributed by atoms with E-state index in [9.17, 15) is 4.79 Å². The van der Waals surface area contributed by atoms with Gasteiger partial charge in [0.05, 0.1) is 6.54 Å². The predicted molar refractivity (Wildman–Crippen MR) is 74.9 cm³/mol. The quantitative estimate of drug-likeness (QED) is 0.833. The van der Waals surface area contributed by atoms with Crippen molar-refractivity contribution in [2.24, 2.45) is 5.73 Å². The molecule has 2 rings (SSSR count). The summed E-state index contributed by atoms with van der Waals surface area (Å²) in [7, 11) is 3.92. The summed E-state index contributed by atoms with van der Waals surface area (Å²) in [6.45, 7) is 2.50. The van der Waals surface area contributed by atoms with Crippen molar-refractivity contribution in [3.63, 3.8) is 0 Å². The van der Waals surface area contributed by atoms with Crippen LogP contribution in [-0.4, -0.2) is 31.4 Å². The Labute approximate surface area is 112 Å². The normalized spacial score (nSPS) is 10.5. The fourth-order valence-electron chi connectivity index (χ4n) is 1.94. The first-order chi connectivity index (χ1) is 9.00. The largest absolute Gasteiger partial charge is 0.451 e. The number of hydrogen-bond acceptors (Lipinski definition) is 3. The van der Waals surface area contributed by atoms with E-state index < -0.39 is 5.91 Å². The Kier molecular flexibility index (Phi) is 3.59. The molecule has 1 amide bonds. The lowest BCUT2D eigenvalue weighted by Crippen LogP contribution is -2.11. The highest BCUT2D eigenvalue weighted by Crippen LogP contribution is 2.27. The number of nitrogens with two attached hydrogens (primary N) is 1. The van der Waals surface area contributed by atoms with Gasteiger partial charge in [-0.15, -0.1) is 0 Å². The van der Waals surface area contributed by atoms with Crippen LogP contribution in [0.5, 0.6) is 0 Å². The maximum atomic E-state index is 11.3. The van der Waals surface area contributed by atoms with Gasteiger partial charge in [0.1, 0.15) is 5.58 Å². The molecular formula is C15H16N2O2. The second kappa shape index (κ2) is 5.17. The third-order valence-electron chi connectivity index (χ3n) is 2.80. The van der Waals surface area contributed by atoms with Crippen molar-refractivity contribution in [3.8, 4) is 11.8 Å². The summed E-state index contributed by atoms with van der Waals surface area (Å²) in [5.74, 6) is 5.84. The minimum absolute atomic E-state index is 0.205. The fourth-order valence-corrected chi connectivity index (χ4v) is 1.94. The van der Waals surface area contributed by atoms with Crippen molar-refractivity contribution in [1.82, 2.24) is 4.90 Å². The molecule has 0 aliphatic carbocycles. The van der Waals surface area contributed by atoms with Gasteiger partial charge in [-0.2, -0.15) is 0 Å². The van der Waals surface area contributed by atoms with Crippen LogP contribution in [0, 0.1) is 18.8 Å². The van der Waals surface area contributed by atoms with Crippen molar-refractivity contribution in [2.45, 2.75) is 6.92 Å². The van der Waals surface area contributed by atoms with Crippen molar-refractivity contribution in [1.29, 1.82) is 0 Å². The minimum Gasteiger partial charge on any atom is -0.451 e. The molecule has 4 nitrogen and oxygen atoms in total. The highest BCUT2D eigenvalue weighted by atomic mass is 16.3. The molecule has 0 unspecified atom stereocenters. The van der Waals surface area contributed by atoms with E-state index in [0.29, 0.717) is 12.1 Å². The molecule has 98 valence electrons. The van der Waals surface area contributed by atoms with Gasteiger partial charge in [0.25, 0.3) is 5.91 Å². The molecule has 0 saturated carbocycles. The molecule has 19 heavy (non-hydrogen) atoms. The second-order valence-corrected chi connectivity index (χ2v) is 4.64. The number of benzene rings is 1. The van der Waals surface area contributed by atoms with E-state index in [1.165, 1.54) is 0 Å². The van der Waals surface area contributed by atoms with Crippen molar-refractivity contribution < 1.29 is 9.21 Å². The molecule has 0 spiro atoms. The number of primary amides is 1. The van der Waals surface area contributed by atoms with Crippen LogP contribution < -0.4 is 5.73 Å². The minimum atomic E-state index is -0.555. The lowest BCUT2D eigenvalue weighted by atomic mass is 10.1. The molecule has 0 atom stereocenters. The van der Waals surface area contributed by atoms with E-state index in [2.05, 4.69) is 11.8 Å². The van der Waals surface area contributed by atoms with Crippen LogP contribution in [0.1, 0.15) is 21.7 Å². The topological polar surface area (TPSA) is 59.5 Å². The number of amides is 1. The van der Waals surface area contributed by atoms with E-state index in [0.717, 1.165) is 16.5 Å². The van der Waals surface area contributed by atoms with Gasteiger partial charge in [-0.1, -0.05) is 17.9 Å². The van der Waals surface area contributed by atoms with Crippen LogP contribution in [0.25, 0.3) is 11.0 Å². The van der Waals surface area contributed by atoms with Crippen LogP contribution in [-0.2, 0) is 0 Å². The van der Waals surface area contributed by atoms with Gasteiger partial charge in [-0.3, -0.25) is 9.69 Å². The molecule has 0 aliphatic heterocycles. The highest BCUT2D eigenvalue weighted by Gasteiger charge is 2.16. The monoisotopic (exact) mass is 256 g/mol. The zero-order chi connectivity index (χ0) is 14.0. The number of carbonyl (C=O) groups excluding carboxylic acids is 1. The average molecular weight is 256 g/mol. The molecule has 0 aliphatic rings.